The zero-order valence-corrected chi connectivity index (χ0v) is 9.85. The van der Waals surface area contributed by atoms with Crippen molar-refractivity contribution in [2.45, 2.75) is 12.8 Å². The quantitative estimate of drug-likeness (QED) is 0.581. The number of aliphatic hydroxyl groups excluding tert-OH is 1. The van der Waals surface area contributed by atoms with Crippen LogP contribution in [-0.2, 0) is 18.2 Å². The van der Waals surface area contributed by atoms with Gasteiger partial charge in [-0.2, -0.15) is 5.10 Å². The van der Waals surface area contributed by atoms with Gasteiger partial charge in [0.2, 0.25) is 0 Å². The maximum Gasteiger partial charge on any atom is 0.0697 e. The Balaban J connectivity index is 1.88. The second-order valence-electron chi connectivity index (χ2n) is 3.71. The first-order valence-corrected chi connectivity index (χ1v) is 5.70. The van der Waals surface area contributed by atoms with E-state index in [1.165, 1.54) is 5.56 Å². The highest BCUT2D eigenvalue weighted by atomic mass is 16.5. The molecule has 5 nitrogen and oxygen atoms in total. The molecular formula is C11H21N3O2. The lowest BCUT2D eigenvalue weighted by Crippen LogP contribution is -2.19. The van der Waals surface area contributed by atoms with Crippen molar-refractivity contribution in [2.75, 3.05) is 32.9 Å². The molecule has 0 aliphatic carbocycles. The number of aromatic nitrogens is 2. The number of ether oxygens (including phenoxy) is 1. The monoisotopic (exact) mass is 227 g/mol. The molecule has 2 N–H and O–H groups in total. The lowest BCUT2D eigenvalue weighted by Gasteiger charge is -2.04. The van der Waals surface area contributed by atoms with Gasteiger partial charge in [0.15, 0.2) is 0 Å². The summed E-state index contributed by atoms with van der Waals surface area (Å²) < 4.78 is 6.97. The number of aliphatic hydroxyl groups is 1. The molecule has 92 valence electrons. The third-order valence-corrected chi connectivity index (χ3v) is 2.23. The Kier molecular flexibility index (Phi) is 6.80. The smallest absolute Gasteiger partial charge is 0.0697 e. The molecule has 1 aromatic rings. The van der Waals surface area contributed by atoms with Crippen molar-refractivity contribution in [3.63, 3.8) is 0 Å². The second kappa shape index (κ2) is 8.27. The van der Waals surface area contributed by atoms with Gasteiger partial charge >= 0.3 is 0 Å². The Morgan fingerprint density at radius 1 is 1.44 bits per heavy atom. The number of nitrogens with one attached hydrogen (secondary N) is 1. The van der Waals surface area contributed by atoms with Crippen LogP contribution in [0.15, 0.2) is 12.4 Å². The maximum atomic E-state index is 8.49. The van der Waals surface area contributed by atoms with E-state index < -0.39 is 0 Å². The molecule has 0 saturated heterocycles. The van der Waals surface area contributed by atoms with Crippen LogP contribution in [0.4, 0.5) is 0 Å². The molecule has 0 fully saturated rings. The van der Waals surface area contributed by atoms with E-state index in [-0.39, 0.29) is 6.61 Å². The average molecular weight is 227 g/mol. The van der Waals surface area contributed by atoms with Crippen molar-refractivity contribution in [3.8, 4) is 0 Å². The standard InChI is InChI=1S/C11H21N3O2/c1-14-10-11(9-13-14)3-5-12-4-2-7-16-8-6-15/h9-10,12,15H,2-8H2,1H3. The summed E-state index contributed by atoms with van der Waals surface area (Å²) >= 11 is 0. The Hall–Kier alpha value is -0.910. The predicted molar refractivity (Wildman–Crippen MR) is 62.3 cm³/mol. The van der Waals surface area contributed by atoms with Crippen molar-refractivity contribution < 1.29 is 9.84 Å². The van der Waals surface area contributed by atoms with E-state index in [1.807, 2.05) is 24.1 Å². The zero-order chi connectivity index (χ0) is 11.6. The van der Waals surface area contributed by atoms with Crippen LogP contribution >= 0.6 is 0 Å². The molecule has 0 aromatic carbocycles. The first kappa shape index (κ1) is 13.2. The summed E-state index contributed by atoms with van der Waals surface area (Å²) in [4.78, 5) is 0. The van der Waals surface area contributed by atoms with Gasteiger partial charge in [-0.1, -0.05) is 0 Å². The van der Waals surface area contributed by atoms with Crippen LogP contribution in [0.2, 0.25) is 0 Å². The van der Waals surface area contributed by atoms with Crippen LogP contribution in [0, 0.1) is 0 Å². The van der Waals surface area contributed by atoms with Crippen molar-refractivity contribution in [1.29, 1.82) is 0 Å². The number of aryl methyl sites for hydroxylation is 1. The predicted octanol–water partition coefficient (Wildman–Crippen LogP) is -0.0488. The fourth-order valence-electron chi connectivity index (χ4n) is 1.42. The third-order valence-electron chi connectivity index (χ3n) is 2.23. The molecule has 0 amide bonds. The molecule has 1 aromatic heterocycles. The fourth-order valence-corrected chi connectivity index (χ4v) is 1.42. The van der Waals surface area contributed by atoms with E-state index in [9.17, 15) is 0 Å². The number of hydrogen-bond acceptors (Lipinski definition) is 4. The Morgan fingerprint density at radius 2 is 2.31 bits per heavy atom. The van der Waals surface area contributed by atoms with Crippen molar-refractivity contribution in [2.24, 2.45) is 7.05 Å². The van der Waals surface area contributed by atoms with Gasteiger partial charge in [0.25, 0.3) is 0 Å². The molecule has 0 spiro atoms. The van der Waals surface area contributed by atoms with Crippen LogP contribution in [0.5, 0.6) is 0 Å². The summed E-state index contributed by atoms with van der Waals surface area (Å²) in [5.74, 6) is 0. The van der Waals surface area contributed by atoms with Crippen LogP contribution in [-0.4, -0.2) is 47.8 Å². The summed E-state index contributed by atoms with van der Waals surface area (Å²) in [5.41, 5.74) is 1.26. The summed E-state index contributed by atoms with van der Waals surface area (Å²) in [6, 6.07) is 0. The molecule has 5 heteroatoms. The lowest BCUT2D eigenvalue weighted by atomic mass is 10.2. The average Bonchev–Trinajstić information content (AvgIpc) is 2.68. The Labute approximate surface area is 96.4 Å². The van der Waals surface area contributed by atoms with Gasteiger partial charge < -0.3 is 15.2 Å². The summed E-state index contributed by atoms with van der Waals surface area (Å²) in [7, 11) is 1.93. The molecule has 16 heavy (non-hydrogen) atoms. The van der Waals surface area contributed by atoms with Gasteiger partial charge in [0, 0.05) is 19.9 Å². The molecule has 0 bridgehead atoms. The van der Waals surface area contributed by atoms with Crippen LogP contribution in [0.25, 0.3) is 0 Å². The van der Waals surface area contributed by atoms with E-state index in [1.54, 1.807) is 0 Å². The molecule has 1 rings (SSSR count). The maximum absolute atomic E-state index is 8.49. The number of rotatable bonds is 9. The minimum atomic E-state index is 0.106. The number of hydrogen-bond donors (Lipinski definition) is 2. The van der Waals surface area contributed by atoms with Gasteiger partial charge in [-0.25, -0.2) is 0 Å². The molecule has 0 atom stereocenters. The van der Waals surface area contributed by atoms with Crippen molar-refractivity contribution in [3.05, 3.63) is 18.0 Å². The topological polar surface area (TPSA) is 59.3 Å². The summed E-state index contributed by atoms with van der Waals surface area (Å²) in [6.45, 7) is 3.17. The zero-order valence-electron chi connectivity index (χ0n) is 9.85. The highest BCUT2D eigenvalue weighted by molar-refractivity contribution is 5.03. The number of nitrogens with zero attached hydrogens (tertiary/aromatic N) is 2. The van der Waals surface area contributed by atoms with Crippen LogP contribution < -0.4 is 5.32 Å². The van der Waals surface area contributed by atoms with E-state index in [0.29, 0.717) is 13.2 Å². The van der Waals surface area contributed by atoms with Gasteiger partial charge in [0.05, 0.1) is 19.4 Å². The van der Waals surface area contributed by atoms with Crippen molar-refractivity contribution in [1.82, 2.24) is 15.1 Å². The van der Waals surface area contributed by atoms with Crippen LogP contribution in [0.3, 0.4) is 0 Å². The Morgan fingerprint density at radius 3 is 3.00 bits per heavy atom. The van der Waals surface area contributed by atoms with Gasteiger partial charge in [-0.3, -0.25) is 4.68 Å². The normalized spacial score (nSPS) is 10.9. The highest BCUT2D eigenvalue weighted by Gasteiger charge is 1.95. The lowest BCUT2D eigenvalue weighted by molar-refractivity contribution is 0.0908. The van der Waals surface area contributed by atoms with E-state index in [2.05, 4.69) is 10.4 Å². The van der Waals surface area contributed by atoms with Gasteiger partial charge in [-0.15, -0.1) is 0 Å². The minimum Gasteiger partial charge on any atom is -0.394 e. The molecule has 0 unspecified atom stereocenters. The molecule has 0 radical (unpaired) electrons. The molecule has 0 aliphatic rings. The minimum absolute atomic E-state index is 0.106. The largest absolute Gasteiger partial charge is 0.394 e. The van der Waals surface area contributed by atoms with E-state index in [4.69, 9.17) is 9.84 Å². The van der Waals surface area contributed by atoms with E-state index in [0.717, 1.165) is 25.9 Å². The van der Waals surface area contributed by atoms with E-state index >= 15 is 0 Å². The first-order valence-electron chi connectivity index (χ1n) is 5.70. The second-order valence-corrected chi connectivity index (χ2v) is 3.71. The first-order chi connectivity index (χ1) is 7.83. The molecule has 0 aliphatic heterocycles. The summed E-state index contributed by atoms with van der Waals surface area (Å²) in [5, 5.41) is 15.9. The van der Waals surface area contributed by atoms with Crippen LogP contribution in [0.1, 0.15) is 12.0 Å². The van der Waals surface area contributed by atoms with Crippen molar-refractivity contribution >= 4 is 0 Å². The molecule has 1 heterocycles. The Bertz CT molecular complexity index is 276. The molecule has 0 saturated carbocycles. The van der Waals surface area contributed by atoms with Gasteiger partial charge in [0.1, 0.15) is 0 Å². The molecular weight excluding hydrogens is 206 g/mol. The van der Waals surface area contributed by atoms with Gasteiger partial charge in [-0.05, 0) is 31.5 Å². The third kappa shape index (κ3) is 5.85. The SMILES string of the molecule is Cn1cc(CCNCCCOCCO)cn1. The summed E-state index contributed by atoms with van der Waals surface area (Å²) in [6.07, 6.45) is 5.91. The highest BCUT2D eigenvalue weighted by Crippen LogP contribution is 1.95. The fraction of sp³-hybridized carbons (Fsp3) is 0.727.